The average Bonchev–Trinajstić information content (AvgIpc) is 2.91. The summed E-state index contributed by atoms with van der Waals surface area (Å²) in [6.45, 7) is 0.229. The number of carboxylic acid groups (broad SMARTS) is 1. The van der Waals surface area contributed by atoms with Crippen molar-refractivity contribution < 1.29 is 14.7 Å². The van der Waals surface area contributed by atoms with E-state index in [2.05, 4.69) is 4.98 Å². The van der Waals surface area contributed by atoms with Crippen LogP contribution in [-0.2, 0) is 22.4 Å². The number of hydrogen-bond acceptors (Lipinski definition) is 5. The van der Waals surface area contributed by atoms with Crippen molar-refractivity contribution >= 4 is 28.3 Å². The van der Waals surface area contributed by atoms with E-state index in [4.69, 9.17) is 10.8 Å². The van der Waals surface area contributed by atoms with Crippen LogP contribution in [0.3, 0.4) is 0 Å². The molecule has 1 saturated heterocycles. The number of anilines is 1. The number of nitrogens with two attached hydrogens (primary N) is 1. The topological polar surface area (TPSA) is 96.5 Å². The Hall–Kier alpha value is -1.47. The second-order valence-electron chi connectivity index (χ2n) is 5.11. The molecule has 1 unspecified atom stereocenters. The van der Waals surface area contributed by atoms with E-state index in [0.29, 0.717) is 5.13 Å². The van der Waals surface area contributed by atoms with Gasteiger partial charge in [-0.2, -0.15) is 0 Å². The summed E-state index contributed by atoms with van der Waals surface area (Å²) in [6.07, 6.45) is 2.63. The van der Waals surface area contributed by atoms with Crippen molar-refractivity contribution in [2.75, 3.05) is 11.4 Å². The van der Waals surface area contributed by atoms with E-state index in [1.54, 1.807) is 0 Å². The first-order chi connectivity index (χ1) is 9.04. The van der Waals surface area contributed by atoms with Crippen LogP contribution in [0.4, 0.5) is 5.13 Å². The highest BCUT2D eigenvalue weighted by molar-refractivity contribution is 7.16. The van der Waals surface area contributed by atoms with Crippen LogP contribution in [0, 0.1) is 5.92 Å². The number of aromatic nitrogens is 1. The maximum Gasteiger partial charge on any atom is 0.308 e. The molecule has 2 heterocycles. The van der Waals surface area contributed by atoms with Gasteiger partial charge in [-0.3, -0.25) is 14.5 Å². The van der Waals surface area contributed by atoms with Crippen LogP contribution in [-0.4, -0.2) is 34.6 Å². The lowest BCUT2D eigenvalue weighted by Crippen LogP contribution is -2.27. The largest absolute Gasteiger partial charge is 0.481 e. The van der Waals surface area contributed by atoms with Crippen LogP contribution >= 0.6 is 11.3 Å². The fraction of sp³-hybridized carbons (Fsp3) is 0.583. The molecule has 1 aromatic rings. The van der Waals surface area contributed by atoms with Gasteiger partial charge in [-0.1, -0.05) is 0 Å². The summed E-state index contributed by atoms with van der Waals surface area (Å²) in [5.74, 6) is -1.68. The molecule has 1 fully saturated rings. The van der Waals surface area contributed by atoms with Gasteiger partial charge in [0.25, 0.3) is 0 Å². The minimum Gasteiger partial charge on any atom is -0.481 e. The van der Waals surface area contributed by atoms with Crippen LogP contribution in [0.15, 0.2) is 0 Å². The molecule has 0 bridgehead atoms. The number of carbonyl (C=O) groups excluding carboxylic acids is 1. The van der Waals surface area contributed by atoms with E-state index in [1.165, 1.54) is 16.2 Å². The van der Waals surface area contributed by atoms with Gasteiger partial charge in [-0.15, -0.1) is 11.3 Å². The van der Waals surface area contributed by atoms with Crippen molar-refractivity contribution in [1.82, 2.24) is 4.98 Å². The zero-order chi connectivity index (χ0) is 13.6. The number of nitrogens with zero attached hydrogens (tertiary/aromatic N) is 2. The van der Waals surface area contributed by atoms with Gasteiger partial charge in [0.05, 0.1) is 11.6 Å². The van der Waals surface area contributed by atoms with Gasteiger partial charge in [0, 0.05) is 23.9 Å². The van der Waals surface area contributed by atoms with E-state index in [0.717, 1.165) is 29.8 Å². The minimum atomic E-state index is -0.917. The Kier molecular flexibility index (Phi) is 3.02. The maximum absolute atomic E-state index is 11.9. The number of aryl methyl sites for hydroxylation is 1. The smallest absolute Gasteiger partial charge is 0.308 e. The van der Waals surface area contributed by atoms with Crippen molar-refractivity contribution in [3.8, 4) is 0 Å². The first kappa shape index (κ1) is 12.6. The Balaban J connectivity index is 1.83. The summed E-state index contributed by atoms with van der Waals surface area (Å²) in [5.41, 5.74) is 6.94. The molecule has 1 amide bonds. The fourth-order valence-corrected chi connectivity index (χ4v) is 3.79. The molecule has 0 spiro atoms. The van der Waals surface area contributed by atoms with Crippen molar-refractivity contribution in [2.45, 2.75) is 31.7 Å². The lowest BCUT2D eigenvalue weighted by molar-refractivity contribution is -0.141. The highest BCUT2D eigenvalue weighted by atomic mass is 32.1. The second-order valence-corrected chi connectivity index (χ2v) is 6.17. The van der Waals surface area contributed by atoms with Gasteiger partial charge >= 0.3 is 5.97 Å². The van der Waals surface area contributed by atoms with Crippen molar-refractivity contribution in [1.29, 1.82) is 0 Å². The third-order valence-corrected chi connectivity index (χ3v) is 4.81. The molecule has 6 nitrogen and oxygen atoms in total. The average molecular weight is 281 g/mol. The van der Waals surface area contributed by atoms with E-state index in [-0.39, 0.29) is 24.9 Å². The molecule has 1 aliphatic carbocycles. The fourth-order valence-electron chi connectivity index (χ4n) is 2.56. The molecule has 3 rings (SSSR count). The molecule has 0 radical (unpaired) electrons. The number of carboxylic acids is 1. The molecule has 2 atom stereocenters. The molecule has 1 aliphatic heterocycles. The lowest BCUT2D eigenvalue weighted by Gasteiger charge is -2.15. The number of fused-ring (bicyclic) bond motifs is 1. The first-order valence-electron chi connectivity index (χ1n) is 6.32. The quantitative estimate of drug-likeness (QED) is 0.817. The summed E-state index contributed by atoms with van der Waals surface area (Å²) < 4.78 is 0. The van der Waals surface area contributed by atoms with Crippen molar-refractivity contribution in [3.05, 3.63) is 10.6 Å². The van der Waals surface area contributed by atoms with E-state index in [9.17, 15) is 9.59 Å². The monoisotopic (exact) mass is 281 g/mol. The van der Waals surface area contributed by atoms with Gasteiger partial charge in [0.1, 0.15) is 0 Å². The molecule has 102 valence electrons. The van der Waals surface area contributed by atoms with E-state index < -0.39 is 11.9 Å². The second kappa shape index (κ2) is 4.57. The zero-order valence-electron chi connectivity index (χ0n) is 10.3. The molecule has 2 aliphatic rings. The Morgan fingerprint density at radius 3 is 2.95 bits per heavy atom. The molecule has 0 aromatic carbocycles. The number of amides is 1. The Labute approximate surface area is 114 Å². The predicted octanol–water partition coefficient (Wildman–Crippen LogP) is 0.397. The van der Waals surface area contributed by atoms with Gasteiger partial charge in [0.15, 0.2) is 5.13 Å². The van der Waals surface area contributed by atoms with Crippen LogP contribution in [0.5, 0.6) is 0 Å². The molecule has 19 heavy (non-hydrogen) atoms. The molecule has 1 aromatic heterocycles. The predicted molar refractivity (Wildman–Crippen MR) is 70.2 cm³/mol. The summed E-state index contributed by atoms with van der Waals surface area (Å²) in [5, 5.41) is 9.61. The third kappa shape index (κ3) is 2.23. The number of rotatable bonds is 2. The molecular weight excluding hydrogens is 266 g/mol. The van der Waals surface area contributed by atoms with Crippen LogP contribution < -0.4 is 10.6 Å². The van der Waals surface area contributed by atoms with Gasteiger partial charge < -0.3 is 10.8 Å². The zero-order valence-corrected chi connectivity index (χ0v) is 11.2. The number of hydrogen-bond donors (Lipinski definition) is 2. The summed E-state index contributed by atoms with van der Waals surface area (Å²) in [7, 11) is 0. The van der Waals surface area contributed by atoms with Crippen LogP contribution in [0.1, 0.15) is 23.4 Å². The number of thiazole rings is 1. The minimum absolute atomic E-state index is 0.0685. The Bertz CT molecular complexity index is 542. The molecule has 3 N–H and O–H groups in total. The van der Waals surface area contributed by atoms with Gasteiger partial charge in [0.2, 0.25) is 5.91 Å². The SMILES string of the molecule is N[C@H]1CCc2nc(N3CC(C(=O)O)CC3=O)sc2C1. The summed E-state index contributed by atoms with van der Waals surface area (Å²) >= 11 is 1.47. The van der Waals surface area contributed by atoms with E-state index >= 15 is 0 Å². The first-order valence-corrected chi connectivity index (χ1v) is 7.13. The molecular formula is C12H15N3O3S. The summed E-state index contributed by atoms with van der Waals surface area (Å²) in [6, 6.07) is 0.168. The number of carbonyl (C=O) groups is 2. The highest BCUT2D eigenvalue weighted by Crippen LogP contribution is 2.34. The third-order valence-electron chi connectivity index (χ3n) is 3.67. The Morgan fingerprint density at radius 2 is 2.26 bits per heavy atom. The van der Waals surface area contributed by atoms with Crippen molar-refractivity contribution in [3.63, 3.8) is 0 Å². The van der Waals surface area contributed by atoms with Crippen LogP contribution in [0.2, 0.25) is 0 Å². The van der Waals surface area contributed by atoms with E-state index in [1.807, 2.05) is 0 Å². The standard InChI is InChI=1S/C12H15N3O3S/c13-7-1-2-8-9(4-7)19-12(14-8)15-5-6(11(17)18)3-10(15)16/h6-7H,1-5,13H2,(H,17,18)/t6?,7-/m0/s1. The molecule has 0 saturated carbocycles. The lowest BCUT2D eigenvalue weighted by atomic mass is 9.99. The van der Waals surface area contributed by atoms with Gasteiger partial charge in [-0.25, -0.2) is 4.98 Å². The number of aliphatic carboxylic acids is 1. The normalized spacial score (nSPS) is 26.6. The van der Waals surface area contributed by atoms with Gasteiger partial charge in [-0.05, 0) is 19.3 Å². The molecule has 7 heteroatoms. The highest BCUT2D eigenvalue weighted by Gasteiger charge is 2.37. The maximum atomic E-state index is 11.9. The summed E-state index contributed by atoms with van der Waals surface area (Å²) in [4.78, 5) is 30.0. The Morgan fingerprint density at radius 1 is 1.47 bits per heavy atom. The van der Waals surface area contributed by atoms with Crippen LogP contribution in [0.25, 0.3) is 0 Å². The van der Waals surface area contributed by atoms with Crippen molar-refractivity contribution in [2.24, 2.45) is 11.7 Å².